The van der Waals surface area contributed by atoms with Crippen LogP contribution in [0.5, 0.6) is 0 Å². The molecule has 1 atom stereocenters. The van der Waals surface area contributed by atoms with Gasteiger partial charge in [0.25, 0.3) is 0 Å². The van der Waals surface area contributed by atoms with Crippen LogP contribution >= 0.6 is 0 Å². The van der Waals surface area contributed by atoms with Crippen LogP contribution in [-0.4, -0.2) is 10.2 Å². The third-order valence-corrected chi connectivity index (χ3v) is 1.19. The molecular weight excluding hydrogens is 114 g/mol. The molecule has 1 aromatic rings. The van der Waals surface area contributed by atoms with Gasteiger partial charge in [0.15, 0.2) is 0 Å². The Bertz CT molecular complexity index is 190. The maximum atomic E-state index is 5.54. The van der Waals surface area contributed by atoms with Crippen LogP contribution in [0.1, 0.15) is 24.4 Å². The molecule has 3 N–H and O–H groups in total. The highest BCUT2D eigenvalue weighted by Gasteiger charge is 2.00. The SMILES string of the molecule is Cc1cc([C@H](C)N)n[nH]1. The average Bonchev–Trinajstić information content (AvgIpc) is 2.14. The maximum Gasteiger partial charge on any atom is 0.0789 e. The summed E-state index contributed by atoms with van der Waals surface area (Å²) >= 11 is 0. The first-order chi connectivity index (χ1) is 4.20. The normalized spacial score (nSPS) is 13.7. The number of H-pyrrole nitrogens is 1. The minimum absolute atomic E-state index is 0.0370. The molecule has 0 aromatic carbocycles. The minimum Gasteiger partial charge on any atom is -0.323 e. The molecule has 3 heteroatoms. The van der Waals surface area contributed by atoms with E-state index in [1.165, 1.54) is 0 Å². The Labute approximate surface area is 54.3 Å². The molecule has 1 aromatic heterocycles. The van der Waals surface area contributed by atoms with Gasteiger partial charge in [-0.3, -0.25) is 5.10 Å². The lowest BCUT2D eigenvalue weighted by Crippen LogP contribution is -2.04. The third-order valence-electron chi connectivity index (χ3n) is 1.19. The number of aromatic nitrogens is 2. The first-order valence-corrected chi connectivity index (χ1v) is 2.97. The topological polar surface area (TPSA) is 54.7 Å². The van der Waals surface area contributed by atoms with E-state index in [-0.39, 0.29) is 6.04 Å². The largest absolute Gasteiger partial charge is 0.323 e. The Hall–Kier alpha value is -0.830. The molecule has 1 heterocycles. The van der Waals surface area contributed by atoms with Crippen molar-refractivity contribution in [1.29, 1.82) is 0 Å². The van der Waals surface area contributed by atoms with Crippen molar-refractivity contribution >= 4 is 0 Å². The molecule has 0 saturated carbocycles. The van der Waals surface area contributed by atoms with Crippen molar-refractivity contribution in [2.75, 3.05) is 0 Å². The molecule has 0 unspecified atom stereocenters. The monoisotopic (exact) mass is 125 g/mol. The fourth-order valence-electron chi connectivity index (χ4n) is 0.672. The molecule has 9 heavy (non-hydrogen) atoms. The van der Waals surface area contributed by atoms with Gasteiger partial charge in [0.1, 0.15) is 0 Å². The van der Waals surface area contributed by atoms with E-state index in [1.807, 2.05) is 19.9 Å². The zero-order valence-electron chi connectivity index (χ0n) is 5.68. The summed E-state index contributed by atoms with van der Waals surface area (Å²) in [5.41, 5.74) is 7.53. The summed E-state index contributed by atoms with van der Waals surface area (Å²) in [5.74, 6) is 0. The summed E-state index contributed by atoms with van der Waals surface area (Å²) in [4.78, 5) is 0. The predicted molar refractivity (Wildman–Crippen MR) is 35.9 cm³/mol. The molecule has 0 aliphatic rings. The maximum absolute atomic E-state index is 5.54. The molecule has 50 valence electrons. The van der Waals surface area contributed by atoms with Crippen molar-refractivity contribution in [2.24, 2.45) is 5.73 Å². The van der Waals surface area contributed by atoms with E-state index in [2.05, 4.69) is 10.2 Å². The third kappa shape index (κ3) is 1.29. The van der Waals surface area contributed by atoms with Gasteiger partial charge in [-0.1, -0.05) is 0 Å². The van der Waals surface area contributed by atoms with Crippen molar-refractivity contribution in [3.63, 3.8) is 0 Å². The van der Waals surface area contributed by atoms with Gasteiger partial charge < -0.3 is 5.73 Å². The summed E-state index contributed by atoms with van der Waals surface area (Å²) in [6, 6.07) is 1.99. The van der Waals surface area contributed by atoms with Crippen molar-refractivity contribution in [3.05, 3.63) is 17.5 Å². The Morgan fingerprint density at radius 2 is 2.44 bits per heavy atom. The molecule has 0 aliphatic heterocycles. The number of nitrogens with two attached hydrogens (primary N) is 1. The number of nitrogens with one attached hydrogen (secondary N) is 1. The second-order valence-corrected chi connectivity index (χ2v) is 2.26. The number of hydrogen-bond donors (Lipinski definition) is 2. The number of rotatable bonds is 1. The highest BCUT2D eigenvalue weighted by Crippen LogP contribution is 2.05. The molecule has 0 fully saturated rings. The zero-order chi connectivity index (χ0) is 6.85. The summed E-state index contributed by atoms with van der Waals surface area (Å²) in [7, 11) is 0. The van der Waals surface area contributed by atoms with Gasteiger partial charge in [-0.2, -0.15) is 5.10 Å². The molecule has 3 nitrogen and oxygen atoms in total. The van der Waals surface area contributed by atoms with E-state index in [9.17, 15) is 0 Å². The number of nitrogens with zero attached hydrogens (tertiary/aromatic N) is 1. The van der Waals surface area contributed by atoms with Crippen LogP contribution in [0.15, 0.2) is 6.07 Å². The van der Waals surface area contributed by atoms with Crippen LogP contribution < -0.4 is 5.73 Å². The summed E-state index contributed by atoms with van der Waals surface area (Å²) in [5, 5.41) is 6.79. The van der Waals surface area contributed by atoms with Gasteiger partial charge in [-0.15, -0.1) is 0 Å². The minimum atomic E-state index is 0.0370. The Morgan fingerprint density at radius 1 is 1.78 bits per heavy atom. The molecule has 0 saturated heterocycles. The highest BCUT2D eigenvalue weighted by atomic mass is 15.1. The molecular formula is C6H11N3. The number of aryl methyl sites for hydroxylation is 1. The van der Waals surface area contributed by atoms with Crippen molar-refractivity contribution in [3.8, 4) is 0 Å². The first-order valence-electron chi connectivity index (χ1n) is 2.97. The van der Waals surface area contributed by atoms with Gasteiger partial charge in [-0.25, -0.2) is 0 Å². The molecule has 0 radical (unpaired) electrons. The molecule has 0 spiro atoms. The Balaban J connectivity index is 2.85. The molecule has 0 aliphatic carbocycles. The zero-order valence-corrected chi connectivity index (χ0v) is 5.68. The van der Waals surface area contributed by atoms with Crippen LogP contribution in [0, 0.1) is 6.92 Å². The standard InChI is InChI=1S/C6H11N3/c1-4-3-6(5(2)7)9-8-4/h3,5H,7H2,1-2H3,(H,8,9)/t5-/m0/s1. The predicted octanol–water partition coefficient (Wildman–Crippen LogP) is 0.738. The van der Waals surface area contributed by atoms with Gasteiger partial charge in [0.2, 0.25) is 0 Å². The molecule has 0 bridgehead atoms. The van der Waals surface area contributed by atoms with E-state index in [0.29, 0.717) is 0 Å². The Kier molecular flexibility index (Phi) is 1.53. The number of aromatic amines is 1. The summed E-state index contributed by atoms with van der Waals surface area (Å²) < 4.78 is 0. The van der Waals surface area contributed by atoms with E-state index in [0.717, 1.165) is 11.4 Å². The lowest BCUT2D eigenvalue weighted by molar-refractivity contribution is 0.772. The second-order valence-electron chi connectivity index (χ2n) is 2.26. The first kappa shape index (κ1) is 6.29. The quantitative estimate of drug-likeness (QED) is 0.581. The van der Waals surface area contributed by atoms with Crippen LogP contribution in [0.25, 0.3) is 0 Å². The van der Waals surface area contributed by atoms with Crippen LogP contribution in [0.4, 0.5) is 0 Å². The van der Waals surface area contributed by atoms with Gasteiger partial charge in [0.05, 0.1) is 5.69 Å². The average molecular weight is 125 g/mol. The highest BCUT2D eigenvalue weighted by molar-refractivity contribution is 5.09. The smallest absolute Gasteiger partial charge is 0.0789 e. The van der Waals surface area contributed by atoms with E-state index < -0.39 is 0 Å². The van der Waals surface area contributed by atoms with Crippen molar-refractivity contribution < 1.29 is 0 Å². The van der Waals surface area contributed by atoms with E-state index in [1.54, 1.807) is 0 Å². The fraction of sp³-hybridized carbons (Fsp3) is 0.500. The van der Waals surface area contributed by atoms with E-state index in [4.69, 9.17) is 5.73 Å². The van der Waals surface area contributed by atoms with Crippen LogP contribution in [-0.2, 0) is 0 Å². The Morgan fingerprint density at radius 3 is 2.67 bits per heavy atom. The fourth-order valence-corrected chi connectivity index (χ4v) is 0.672. The second kappa shape index (κ2) is 2.19. The summed E-state index contributed by atoms with van der Waals surface area (Å²) in [6.45, 7) is 3.87. The van der Waals surface area contributed by atoms with Gasteiger partial charge in [0, 0.05) is 11.7 Å². The molecule has 1 rings (SSSR count). The summed E-state index contributed by atoms with van der Waals surface area (Å²) in [6.07, 6.45) is 0. The van der Waals surface area contributed by atoms with Crippen molar-refractivity contribution in [1.82, 2.24) is 10.2 Å². The van der Waals surface area contributed by atoms with Crippen LogP contribution in [0.3, 0.4) is 0 Å². The van der Waals surface area contributed by atoms with E-state index >= 15 is 0 Å². The van der Waals surface area contributed by atoms with Crippen LogP contribution in [0.2, 0.25) is 0 Å². The van der Waals surface area contributed by atoms with Crippen molar-refractivity contribution in [2.45, 2.75) is 19.9 Å². The lowest BCUT2D eigenvalue weighted by Gasteiger charge is -1.95. The lowest BCUT2D eigenvalue weighted by atomic mass is 10.2. The molecule has 0 amide bonds. The van der Waals surface area contributed by atoms with Gasteiger partial charge in [-0.05, 0) is 19.9 Å². The number of hydrogen-bond acceptors (Lipinski definition) is 2. The van der Waals surface area contributed by atoms with Gasteiger partial charge >= 0.3 is 0 Å².